The van der Waals surface area contributed by atoms with Gasteiger partial charge in [-0.15, -0.1) is 0 Å². The number of nitrogens with one attached hydrogen (secondary N) is 1. The van der Waals surface area contributed by atoms with Gasteiger partial charge in [0.15, 0.2) is 0 Å². The maximum atomic E-state index is 6.68. The van der Waals surface area contributed by atoms with E-state index in [1.165, 1.54) is 51.4 Å². The van der Waals surface area contributed by atoms with E-state index in [1.807, 2.05) is 13.8 Å². The van der Waals surface area contributed by atoms with E-state index in [2.05, 4.69) is 33.1 Å². The first kappa shape index (κ1) is 19.7. The van der Waals surface area contributed by atoms with E-state index in [1.54, 1.807) is 0 Å². The van der Waals surface area contributed by atoms with Crippen LogP contribution in [0.25, 0.3) is 0 Å². The third-order valence-corrected chi connectivity index (χ3v) is 9.51. The van der Waals surface area contributed by atoms with Crippen LogP contribution < -0.4 is 11.1 Å². The van der Waals surface area contributed by atoms with Gasteiger partial charge in [0, 0.05) is 12.1 Å². The second kappa shape index (κ2) is 7.15. The average molecular weight is 349 g/mol. The zero-order chi connectivity index (χ0) is 18.4. The van der Waals surface area contributed by atoms with E-state index in [4.69, 9.17) is 5.73 Å². The molecule has 0 heterocycles. The van der Waals surface area contributed by atoms with Gasteiger partial charge in [-0.2, -0.15) is 0 Å². The second-order valence-corrected chi connectivity index (χ2v) is 10.2. The molecule has 4 aliphatic carbocycles. The summed E-state index contributed by atoms with van der Waals surface area (Å²) in [6, 6.07) is 1.22. The van der Waals surface area contributed by atoms with Gasteiger partial charge in [0.05, 0.1) is 0 Å². The van der Waals surface area contributed by atoms with E-state index < -0.39 is 0 Å². The molecular formula is C23H44N2. The van der Waals surface area contributed by atoms with Crippen molar-refractivity contribution < 1.29 is 0 Å². The molecule has 0 bridgehead atoms. The number of fused-ring (bicyclic) bond motifs is 5. The van der Waals surface area contributed by atoms with Gasteiger partial charge in [0.25, 0.3) is 0 Å². The van der Waals surface area contributed by atoms with Crippen molar-refractivity contribution in [2.45, 2.75) is 98.1 Å². The van der Waals surface area contributed by atoms with Crippen molar-refractivity contribution in [2.24, 2.45) is 46.2 Å². The van der Waals surface area contributed by atoms with E-state index in [0.29, 0.717) is 16.9 Å². The molecule has 0 saturated heterocycles. The fourth-order valence-corrected chi connectivity index (χ4v) is 7.92. The van der Waals surface area contributed by atoms with Gasteiger partial charge in [-0.3, -0.25) is 0 Å². The number of rotatable bonds is 1. The molecule has 4 saturated carbocycles. The molecule has 0 amide bonds. The van der Waals surface area contributed by atoms with Crippen molar-refractivity contribution in [2.75, 3.05) is 7.05 Å². The SMILES string of the molecule is CC.CNC1CCC2(C)C(CCC3C2CCC2(C)C(N)C(C)CC32)C1. The van der Waals surface area contributed by atoms with Crippen LogP contribution >= 0.6 is 0 Å². The second-order valence-electron chi connectivity index (χ2n) is 10.2. The summed E-state index contributed by atoms with van der Waals surface area (Å²) in [5.74, 6) is 4.55. The topological polar surface area (TPSA) is 38.0 Å². The molecule has 4 fully saturated rings. The zero-order valence-corrected chi connectivity index (χ0v) is 17.8. The Bertz CT molecular complexity index is 463. The van der Waals surface area contributed by atoms with Crippen LogP contribution in [0.4, 0.5) is 0 Å². The number of nitrogens with two attached hydrogens (primary N) is 1. The van der Waals surface area contributed by atoms with E-state index >= 15 is 0 Å². The summed E-state index contributed by atoms with van der Waals surface area (Å²) in [5, 5.41) is 3.56. The Balaban J connectivity index is 0.000000880. The quantitative estimate of drug-likeness (QED) is 0.682. The first-order valence-electron chi connectivity index (χ1n) is 11.3. The molecule has 0 radical (unpaired) electrons. The normalized spacial score (nSPS) is 54.6. The first-order valence-corrected chi connectivity index (χ1v) is 11.3. The van der Waals surface area contributed by atoms with Crippen LogP contribution in [0.15, 0.2) is 0 Å². The van der Waals surface area contributed by atoms with Gasteiger partial charge in [-0.25, -0.2) is 0 Å². The van der Waals surface area contributed by atoms with Gasteiger partial charge in [-0.1, -0.05) is 34.6 Å². The molecule has 3 N–H and O–H groups in total. The maximum absolute atomic E-state index is 6.68. The fourth-order valence-electron chi connectivity index (χ4n) is 7.92. The molecule has 2 heteroatoms. The molecule has 0 aliphatic heterocycles. The van der Waals surface area contributed by atoms with Crippen LogP contribution in [-0.4, -0.2) is 19.1 Å². The highest BCUT2D eigenvalue weighted by Crippen LogP contribution is 2.66. The molecule has 9 unspecified atom stereocenters. The average Bonchev–Trinajstić information content (AvgIpc) is 2.86. The van der Waals surface area contributed by atoms with E-state index in [-0.39, 0.29) is 0 Å². The highest BCUT2D eigenvalue weighted by molar-refractivity contribution is 5.11. The molecule has 9 atom stereocenters. The third kappa shape index (κ3) is 2.90. The summed E-state index contributed by atoms with van der Waals surface area (Å²) in [7, 11) is 2.16. The minimum Gasteiger partial charge on any atom is -0.327 e. The van der Waals surface area contributed by atoms with Crippen molar-refractivity contribution in [1.29, 1.82) is 0 Å². The van der Waals surface area contributed by atoms with Crippen LogP contribution in [0.5, 0.6) is 0 Å². The Morgan fingerprint density at radius 3 is 2.24 bits per heavy atom. The molecule has 0 spiro atoms. The van der Waals surface area contributed by atoms with Crippen LogP contribution in [0.3, 0.4) is 0 Å². The van der Waals surface area contributed by atoms with Gasteiger partial charge >= 0.3 is 0 Å². The molecular weight excluding hydrogens is 304 g/mol. The minimum atomic E-state index is 0.436. The van der Waals surface area contributed by atoms with Crippen LogP contribution in [-0.2, 0) is 0 Å². The van der Waals surface area contributed by atoms with Crippen molar-refractivity contribution in [1.82, 2.24) is 5.32 Å². The Morgan fingerprint density at radius 2 is 1.56 bits per heavy atom. The van der Waals surface area contributed by atoms with E-state index in [0.717, 1.165) is 35.6 Å². The maximum Gasteiger partial charge on any atom is 0.0122 e. The Kier molecular flexibility index (Phi) is 5.63. The van der Waals surface area contributed by atoms with Gasteiger partial charge in [0.2, 0.25) is 0 Å². The lowest BCUT2D eigenvalue weighted by Crippen LogP contribution is -2.56. The zero-order valence-electron chi connectivity index (χ0n) is 17.8. The molecule has 146 valence electrons. The Labute approximate surface area is 157 Å². The summed E-state index contributed by atoms with van der Waals surface area (Å²) in [6.07, 6.45) is 11.5. The molecule has 4 rings (SSSR count). The summed E-state index contributed by atoms with van der Waals surface area (Å²) < 4.78 is 0. The lowest BCUT2D eigenvalue weighted by Gasteiger charge is -2.61. The number of hydrogen-bond acceptors (Lipinski definition) is 2. The van der Waals surface area contributed by atoms with Crippen molar-refractivity contribution in [3.05, 3.63) is 0 Å². The van der Waals surface area contributed by atoms with Crippen molar-refractivity contribution in [3.8, 4) is 0 Å². The van der Waals surface area contributed by atoms with E-state index in [9.17, 15) is 0 Å². The molecule has 0 aromatic rings. The van der Waals surface area contributed by atoms with Gasteiger partial charge < -0.3 is 11.1 Å². The summed E-state index contributed by atoms with van der Waals surface area (Å²) >= 11 is 0. The van der Waals surface area contributed by atoms with Gasteiger partial charge in [0.1, 0.15) is 0 Å². The predicted molar refractivity (Wildman–Crippen MR) is 108 cm³/mol. The number of hydrogen-bond donors (Lipinski definition) is 2. The van der Waals surface area contributed by atoms with Gasteiger partial charge in [-0.05, 0) is 98.8 Å². The monoisotopic (exact) mass is 348 g/mol. The van der Waals surface area contributed by atoms with Crippen molar-refractivity contribution in [3.63, 3.8) is 0 Å². The van der Waals surface area contributed by atoms with Crippen LogP contribution in [0.2, 0.25) is 0 Å². The summed E-state index contributed by atoms with van der Waals surface area (Å²) in [4.78, 5) is 0. The third-order valence-electron chi connectivity index (χ3n) is 9.51. The predicted octanol–water partition coefficient (Wildman–Crippen LogP) is 5.22. The first-order chi connectivity index (χ1) is 11.9. The molecule has 25 heavy (non-hydrogen) atoms. The fraction of sp³-hybridized carbons (Fsp3) is 1.00. The highest BCUT2D eigenvalue weighted by Gasteiger charge is 2.60. The van der Waals surface area contributed by atoms with Crippen LogP contribution in [0.1, 0.15) is 86.0 Å². The Morgan fingerprint density at radius 1 is 0.880 bits per heavy atom. The lowest BCUT2D eigenvalue weighted by molar-refractivity contribution is -0.109. The van der Waals surface area contributed by atoms with Crippen molar-refractivity contribution >= 4 is 0 Å². The molecule has 4 aliphatic rings. The van der Waals surface area contributed by atoms with Crippen LogP contribution in [0, 0.1) is 40.4 Å². The smallest absolute Gasteiger partial charge is 0.0122 e. The highest BCUT2D eigenvalue weighted by atomic mass is 14.9. The largest absolute Gasteiger partial charge is 0.327 e. The molecule has 0 aromatic carbocycles. The molecule has 2 nitrogen and oxygen atoms in total. The summed E-state index contributed by atoms with van der Waals surface area (Å²) in [6.45, 7) is 11.6. The summed E-state index contributed by atoms with van der Waals surface area (Å²) in [5.41, 5.74) is 7.74. The Hall–Kier alpha value is -0.0800. The minimum absolute atomic E-state index is 0.436. The molecule has 0 aromatic heterocycles. The lowest BCUT2D eigenvalue weighted by atomic mass is 9.45. The standard InChI is InChI=1S/C21H38N2.C2H6/c1-13-11-18-16-6-5-14-12-15(23-4)7-9-20(14,2)17(16)8-10-21(18,3)19(13)22;1-2/h13-19,23H,5-12,22H2,1-4H3;1-2H3.